The second-order valence-corrected chi connectivity index (χ2v) is 7.40. The van der Waals surface area contributed by atoms with Crippen LogP contribution in [0.25, 0.3) is 27.9 Å². The van der Waals surface area contributed by atoms with Crippen LogP contribution in [0, 0.1) is 0 Å². The summed E-state index contributed by atoms with van der Waals surface area (Å²) >= 11 is 0. The summed E-state index contributed by atoms with van der Waals surface area (Å²) in [5.41, 5.74) is 6.33. The Hall–Kier alpha value is -4.25. The van der Waals surface area contributed by atoms with E-state index in [0.29, 0.717) is 5.82 Å². The zero-order valence-corrected chi connectivity index (χ0v) is 16.9. The number of nitrogens with zero attached hydrogens (tertiary/aromatic N) is 4. The summed E-state index contributed by atoms with van der Waals surface area (Å²) in [7, 11) is 1.67. The molecule has 2 bridgehead atoms. The molecule has 0 amide bonds. The fourth-order valence-corrected chi connectivity index (χ4v) is 4.03. The number of pyridine rings is 1. The van der Waals surface area contributed by atoms with Crippen LogP contribution in [0.5, 0.6) is 5.75 Å². The van der Waals surface area contributed by atoms with Crippen LogP contribution in [-0.2, 0) is 0 Å². The van der Waals surface area contributed by atoms with E-state index in [4.69, 9.17) is 14.7 Å². The van der Waals surface area contributed by atoms with Crippen molar-refractivity contribution in [1.82, 2.24) is 15.0 Å². The SMILES string of the molecule is COc1ccc2nc(-c3cccnc3)nc(N3c4ccc(-c5ccccc5)c3c4)c2c1. The highest BCUT2D eigenvalue weighted by atomic mass is 16.5. The normalized spacial score (nSPS) is 14.5. The van der Waals surface area contributed by atoms with Gasteiger partial charge in [-0.2, -0.15) is 0 Å². The lowest BCUT2D eigenvalue weighted by Crippen LogP contribution is -2.33. The quantitative estimate of drug-likeness (QED) is 0.458. The molecule has 148 valence electrons. The Labute approximate surface area is 179 Å². The molecule has 6 rings (SSSR count). The van der Waals surface area contributed by atoms with Crippen LogP contribution in [-0.4, -0.2) is 22.1 Å². The van der Waals surface area contributed by atoms with Gasteiger partial charge in [-0.15, -0.1) is 0 Å². The van der Waals surface area contributed by atoms with E-state index in [1.807, 2.05) is 36.4 Å². The lowest BCUT2D eigenvalue weighted by Gasteiger charge is -2.39. The molecule has 0 saturated carbocycles. The van der Waals surface area contributed by atoms with Crippen LogP contribution < -0.4 is 9.64 Å². The number of rotatable bonds is 4. The van der Waals surface area contributed by atoms with Gasteiger partial charge in [0.15, 0.2) is 5.82 Å². The van der Waals surface area contributed by atoms with E-state index in [2.05, 4.69) is 52.4 Å². The number of fused-ring (bicyclic) bond motifs is 3. The van der Waals surface area contributed by atoms with Gasteiger partial charge in [-0.05, 0) is 48.0 Å². The first-order valence-corrected chi connectivity index (χ1v) is 10.1. The van der Waals surface area contributed by atoms with E-state index in [0.717, 1.165) is 39.4 Å². The maximum atomic E-state index is 5.48. The van der Waals surface area contributed by atoms with Gasteiger partial charge in [-0.1, -0.05) is 36.4 Å². The summed E-state index contributed by atoms with van der Waals surface area (Å²) in [4.78, 5) is 16.2. The van der Waals surface area contributed by atoms with Crippen molar-refractivity contribution in [1.29, 1.82) is 0 Å². The van der Waals surface area contributed by atoms with E-state index in [9.17, 15) is 0 Å². The van der Waals surface area contributed by atoms with Crippen molar-refractivity contribution in [2.75, 3.05) is 12.0 Å². The Kier molecular flexibility index (Phi) is 3.93. The third-order valence-corrected chi connectivity index (χ3v) is 5.58. The van der Waals surface area contributed by atoms with E-state index in [1.165, 1.54) is 11.1 Å². The molecule has 0 N–H and O–H groups in total. The standard InChI is InChI=1S/C26H18N4O/c1-31-20-10-12-23-22(15-20)26(29-25(28-23)18-8-5-13-27-16-18)30-19-9-11-21(24(30)14-19)17-6-3-2-4-7-17/h2-16H,1H3. The molecule has 2 aromatic heterocycles. The fraction of sp³-hybridized carbons (Fsp3) is 0.0385. The lowest BCUT2D eigenvalue weighted by molar-refractivity contribution is 0.415. The molecule has 0 atom stereocenters. The number of benzene rings is 2. The minimum absolute atomic E-state index is 0.650. The molecule has 0 spiro atoms. The second kappa shape index (κ2) is 6.92. The summed E-state index contributed by atoms with van der Waals surface area (Å²) < 4.78 is 5.48. The predicted molar refractivity (Wildman–Crippen MR) is 122 cm³/mol. The van der Waals surface area contributed by atoms with Gasteiger partial charge >= 0.3 is 0 Å². The van der Waals surface area contributed by atoms with Crippen molar-refractivity contribution in [2.45, 2.75) is 0 Å². The Bertz CT molecular complexity index is 1400. The molecular weight excluding hydrogens is 384 g/mol. The molecule has 4 heterocycles. The lowest BCUT2D eigenvalue weighted by atomic mass is 9.91. The van der Waals surface area contributed by atoms with Crippen LogP contribution >= 0.6 is 0 Å². The molecule has 5 heteroatoms. The summed E-state index contributed by atoms with van der Waals surface area (Å²) in [6.45, 7) is 0. The van der Waals surface area contributed by atoms with Crippen molar-refractivity contribution in [2.24, 2.45) is 0 Å². The number of hydrogen-bond acceptors (Lipinski definition) is 5. The molecule has 0 radical (unpaired) electrons. The highest BCUT2D eigenvalue weighted by Crippen LogP contribution is 2.45. The zero-order chi connectivity index (χ0) is 20.8. The van der Waals surface area contributed by atoms with Crippen LogP contribution in [0.3, 0.4) is 0 Å². The number of aromatic nitrogens is 3. The number of ether oxygens (including phenoxy) is 1. The summed E-state index contributed by atoms with van der Waals surface area (Å²) in [5, 5.41) is 0.942. The van der Waals surface area contributed by atoms with Crippen LogP contribution in [0.4, 0.5) is 5.82 Å². The van der Waals surface area contributed by atoms with Gasteiger partial charge in [0.1, 0.15) is 11.6 Å². The highest BCUT2D eigenvalue weighted by Gasteiger charge is 2.33. The van der Waals surface area contributed by atoms with Crippen molar-refractivity contribution in [3.63, 3.8) is 0 Å². The molecule has 4 aromatic rings. The van der Waals surface area contributed by atoms with Crippen LogP contribution in [0.1, 0.15) is 5.56 Å². The van der Waals surface area contributed by atoms with Gasteiger partial charge in [0.2, 0.25) is 0 Å². The first-order chi connectivity index (χ1) is 15.3. The predicted octanol–water partition coefficient (Wildman–Crippen LogP) is 5.39. The number of allylic oxidation sites excluding steroid dienone is 4. The zero-order valence-electron chi connectivity index (χ0n) is 16.9. The molecule has 5 nitrogen and oxygen atoms in total. The van der Waals surface area contributed by atoms with Crippen LogP contribution in [0.15, 0.2) is 103 Å². The molecule has 0 fully saturated rings. The van der Waals surface area contributed by atoms with Gasteiger partial charge in [0.25, 0.3) is 0 Å². The van der Waals surface area contributed by atoms with Gasteiger partial charge in [-0.25, -0.2) is 9.97 Å². The van der Waals surface area contributed by atoms with Gasteiger partial charge in [0.05, 0.1) is 18.3 Å². The molecule has 0 saturated heterocycles. The number of anilines is 1. The third kappa shape index (κ3) is 2.82. The Morgan fingerprint density at radius 1 is 0.871 bits per heavy atom. The van der Waals surface area contributed by atoms with Gasteiger partial charge in [0, 0.05) is 34.6 Å². The minimum atomic E-state index is 0.650. The smallest absolute Gasteiger partial charge is 0.163 e. The summed E-state index contributed by atoms with van der Waals surface area (Å²) in [6.07, 6.45) is 10.0. The molecule has 2 aliphatic heterocycles. The highest BCUT2D eigenvalue weighted by molar-refractivity contribution is 6.00. The van der Waals surface area contributed by atoms with Crippen molar-refractivity contribution in [3.8, 4) is 17.1 Å². The van der Waals surface area contributed by atoms with Gasteiger partial charge < -0.3 is 4.74 Å². The molecule has 2 aromatic carbocycles. The Balaban J connectivity index is 1.53. The summed E-state index contributed by atoms with van der Waals surface area (Å²) in [6, 6.07) is 20.2. The average Bonchev–Trinajstić information content (AvgIpc) is 2.84. The largest absolute Gasteiger partial charge is 0.497 e. The minimum Gasteiger partial charge on any atom is -0.497 e. The van der Waals surface area contributed by atoms with E-state index >= 15 is 0 Å². The maximum Gasteiger partial charge on any atom is 0.163 e. The molecule has 0 aliphatic carbocycles. The summed E-state index contributed by atoms with van der Waals surface area (Å²) in [5.74, 6) is 2.27. The number of methoxy groups -OCH3 is 1. The molecular formula is C26H18N4O. The number of hydrogen-bond donors (Lipinski definition) is 0. The average molecular weight is 402 g/mol. The van der Waals surface area contributed by atoms with E-state index in [-0.39, 0.29) is 0 Å². The van der Waals surface area contributed by atoms with Crippen molar-refractivity contribution in [3.05, 3.63) is 108 Å². The molecule has 31 heavy (non-hydrogen) atoms. The Morgan fingerprint density at radius 2 is 1.74 bits per heavy atom. The second-order valence-electron chi connectivity index (χ2n) is 7.40. The molecule has 2 aliphatic rings. The Morgan fingerprint density at radius 3 is 2.52 bits per heavy atom. The van der Waals surface area contributed by atoms with Crippen molar-refractivity contribution < 1.29 is 4.74 Å². The van der Waals surface area contributed by atoms with E-state index < -0.39 is 0 Å². The third-order valence-electron chi connectivity index (χ3n) is 5.58. The maximum absolute atomic E-state index is 5.48. The van der Waals surface area contributed by atoms with Crippen LogP contribution in [0.2, 0.25) is 0 Å². The molecule has 0 unspecified atom stereocenters. The topological polar surface area (TPSA) is 51.1 Å². The first kappa shape index (κ1) is 17.6. The monoisotopic (exact) mass is 402 g/mol. The van der Waals surface area contributed by atoms with E-state index in [1.54, 1.807) is 19.5 Å². The van der Waals surface area contributed by atoms with Gasteiger partial charge in [-0.3, -0.25) is 9.88 Å². The van der Waals surface area contributed by atoms with Crippen molar-refractivity contribution >= 4 is 22.3 Å². The fourth-order valence-electron chi connectivity index (χ4n) is 4.03. The first-order valence-electron chi connectivity index (χ1n) is 10.1.